The van der Waals surface area contributed by atoms with E-state index < -0.39 is 10.8 Å². The van der Waals surface area contributed by atoms with Crippen LogP contribution in [0.15, 0.2) is 12.1 Å². The molecule has 0 aromatic heterocycles. The van der Waals surface area contributed by atoms with Gasteiger partial charge < -0.3 is 11.1 Å². The molecule has 0 bridgehead atoms. The second-order valence-corrected chi connectivity index (χ2v) is 6.47. The van der Waals surface area contributed by atoms with Gasteiger partial charge in [0, 0.05) is 34.5 Å². The SMILES string of the molecule is CC(CNC(=O)c1cc(N)cc(Cl)c1Cl)S(C)=O. The molecule has 4 nitrogen and oxygen atoms in total. The number of carbonyl (C=O) groups excluding carboxylic acids is 1. The molecule has 0 fully saturated rings. The van der Waals surface area contributed by atoms with Gasteiger partial charge in [-0.2, -0.15) is 0 Å². The van der Waals surface area contributed by atoms with Gasteiger partial charge in [-0.15, -0.1) is 0 Å². The number of rotatable bonds is 4. The van der Waals surface area contributed by atoms with Crippen molar-refractivity contribution in [3.8, 4) is 0 Å². The van der Waals surface area contributed by atoms with E-state index in [-0.39, 0.29) is 26.8 Å². The highest BCUT2D eigenvalue weighted by atomic mass is 35.5. The average Bonchev–Trinajstić information content (AvgIpc) is 2.29. The van der Waals surface area contributed by atoms with Crippen LogP contribution in [-0.2, 0) is 10.8 Å². The molecule has 1 rings (SSSR count). The van der Waals surface area contributed by atoms with Crippen molar-refractivity contribution >= 4 is 45.6 Å². The van der Waals surface area contributed by atoms with Crippen molar-refractivity contribution in [3.63, 3.8) is 0 Å². The topological polar surface area (TPSA) is 72.2 Å². The van der Waals surface area contributed by atoms with Gasteiger partial charge in [0.1, 0.15) is 0 Å². The summed E-state index contributed by atoms with van der Waals surface area (Å²) in [7, 11) is -0.996. The van der Waals surface area contributed by atoms with Crippen LogP contribution < -0.4 is 11.1 Å². The fourth-order valence-electron chi connectivity index (χ4n) is 1.22. The monoisotopic (exact) mass is 308 g/mol. The zero-order valence-electron chi connectivity index (χ0n) is 10.00. The Hall–Kier alpha value is -0.780. The predicted molar refractivity (Wildman–Crippen MR) is 76.7 cm³/mol. The van der Waals surface area contributed by atoms with Crippen LogP contribution in [0, 0.1) is 0 Å². The maximum atomic E-state index is 11.9. The van der Waals surface area contributed by atoms with Crippen molar-refractivity contribution in [1.82, 2.24) is 5.32 Å². The van der Waals surface area contributed by atoms with Crippen LogP contribution in [0.3, 0.4) is 0 Å². The van der Waals surface area contributed by atoms with E-state index in [4.69, 9.17) is 28.9 Å². The largest absolute Gasteiger partial charge is 0.399 e. The summed E-state index contributed by atoms with van der Waals surface area (Å²) in [6, 6.07) is 2.93. The Kier molecular flexibility index (Phi) is 5.44. The van der Waals surface area contributed by atoms with E-state index in [9.17, 15) is 9.00 Å². The molecule has 2 atom stereocenters. The molecule has 7 heteroatoms. The first-order valence-corrected chi connectivity index (χ1v) is 7.55. The zero-order chi connectivity index (χ0) is 13.9. The summed E-state index contributed by atoms with van der Waals surface area (Å²) < 4.78 is 11.2. The van der Waals surface area contributed by atoms with Gasteiger partial charge in [-0.1, -0.05) is 23.2 Å². The number of anilines is 1. The molecule has 0 saturated carbocycles. The maximum Gasteiger partial charge on any atom is 0.252 e. The predicted octanol–water partition coefficient (Wildman–Crippen LogP) is 2.07. The molecule has 1 aromatic carbocycles. The number of hydrogen-bond acceptors (Lipinski definition) is 3. The Balaban J connectivity index is 2.82. The molecule has 100 valence electrons. The number of amides is 1. The number of nitrogens with one attached hydrogen (secondary N) is 1. The van der Waals surface area contributed by atoms with E-state index in [2.05, 4.69) is 5.32 Å². The molecule has 0 aliphatic heterocycles. The van der Waals surface area contributed by atoms with Crippen LogP contribution in [0.1, 0.15) is 17.3 Å². The second-order valence-electron chi connectivity index (χ2n) is 3.88. The van der Waals surface area contributed by atoms with Crippen molar-refractivity contribution in [2.45, 2.75) is 12.2 Å². The van der Waals surface area contributed by atoms with E-state index in [1.165, 1.54) is 12.1 Å². The van der Waals surface area contributed by atoms with Crippen molar-refractivity contribution < 1.29 is 9.00 Å². The van der Waals surface area contributed by atoms with Gasteiger partial charge in [-0.25, -0.2) is 0 Å². The number of halogens is 2. The van der Waals surface area contributed by atoms with Crippen LogP contribution in [-0.4, -0.2) is 28.2 Å². The lowest BCUT2D eigenvalue weighted by Crippen LogP contribution is -2.32. The van der Waals surface area contributed by atoms with E-state index in [1.807, 2.05) is 0 Å². The highest BCUT2D eigenvalue weighted by Gasteiger charge is 2.15. The zero-order valence-corrected chi connectivity index (χ0v) is 12.3. The highest BCUT2D eigenvalue weighted by molar-refractivity contribution is 7.84. The summed E-state index contributed by atoms with van der Waals surface area (Å²) in [6.07, 6.45) is 1.58. The van der Waals surface area contributed by atoms with Gasteiger partial charge in [0.2, 0.25) is 0 Å². The van der Waals surface area contributed by atoms with Gasteiger partial charge in [-0.3, -0.25) is 9.00 Å². The summed E-state index contributed by atoms with van der Waals surface area (Å²) in [6.45, 7) is 2.08. The van der Waals surface area contributed by atoms with Crippen LogP contribution in [0.5, 0.6) is 0 Å². The van der Waals surface area contributed by atoms with Gasteiger partial charge in [0.15, 0.2) is 0 Å². The third kappa shape index (κ3) is 3.86. The highest BCUT2D eigenvalue weighted by Crippen LogP contribution is 2.28. The first-order chi connectivity index (χ1) is 8.32. The quantitative estimate of drug-likeness (QED) is 0.836. The van der Waals surface area contributed by atoms with Crippen LogP contribution in [0.4, 0.5) is 5.69 Å². The number of hydrogen-bond donors (Lipinski definition) is 2. The summed E-state index contributed by atoms with van der Waals surface area (Å²) in [5.74, 6) is -0.383. The molecule has 18 heavy (non-hydrogen) atoms. The molecular weight excluding hydrogens is 295 g/mol. The number of nitrogen functional groups attached to an aromatic ring is 1. The smallest absolute Gasteiger partial charge is 0.252 e. The molecule has 0 spiro atoms. The lowest BCUT2D eigenvalue weighted by Gasteiger charge is -2.11. The molecule has 0 saturated heterocycles. The number of carbonyl (C=O) groups is 1. The second kappa shape index (κ2) is 6.41. The Morgan fingerprint density at radius 3 is 2.67 bits per heavy atom. The van der Waals surface area contributed by atoms with Gasteiger partial charge in [-0.05, 0) is 19.1 Å². The van der Waals surface area contributed by atoms with E-state index in [0.717, 1.165) is 0 Å². The Labute approximate surface area is 118 Å². The summed E-state index contributed by atoms with van der Waals surface area (Å²) in [5, 5.41) is 2.90. The minimum atomic E-state index is -0.996. The van der Waals surface area contributed by atoms with Crippen molar-refractivity contribution in [2.75, 3.05) is 18.5 Å². The van der Waals surface area contributed by atoms with Crippen LogP contribution >= 0.6 is 23.2 Å². The van der Waals surface area contributed by atoms with Gasteiger partial charge in [0.25, 0.3) is 5.91 Å². The third-order valence-electron chi connectivity index (χ3n) is 2.41. The number of benzene rings is 1. The standard InChI is InChI=1S/C11H14Cl2N2O2S/c1-6(18(2)17)5-15-11(16)8-3-7(14)4-9(12)10(8)13/h3-4,6H,5,14H2,1-2H3,(H,15,16). The lowest BCUT2D eigenvalue weighted by atomic mass is 10.2. The molecule has 3 N–H and O–H groups in total. The summed E-state index contributed by atoms with van der Waals surface area (Å²) in [5.41, 5.74) is 6.18. The Morgan fingerprint density at radius 2 is 2.11 bits per heavy atom. The molecule has 0 radical (unpaired) electrons. The summed E-state index contributed by atoms with van der Waals surface area (Å²) in [4.78, 5) is 11.9. The van der Waals surface area contributed by atoms with Crippen molar-refractivity contribution in [3.05, 3.63) is 27.7 Å². The molecule has 1 aromatic rings. The minimum absolute atomic E-state index is 0.135. The Morgan fingerprint density at radius 1 is 1.50 bits per heavy atom. The lowest BCUT2D eigenvalue weighted by molar-refractivity contribution is 0.0954. The van der Waals surface area contributed by atoms with Crippen molar-refractivity contribution in [2.24, 2.45) is 0 Å². The van der Waals surface area contributed by atoms with E-state index >= 15 is 0 Å². The van der Waals surface area contributed by atoms with Gasteiger partial charge in [0.05, 0.1) is 15.6 Å². The Bertz CT molecular complexity index is 494. The molecule has 0 aliphatic rings. The molecule has 0 aliphatic carbocycles. The third-order valence-corrected chi connectivity index (χ3v) is 4.51. The van der Waals surface area contributed by atoms with Crippen LogP contribution in [0.25, 0.3) is 0 Å². The first kappa shape index (κ1) is 15.3. The van der Waals surface area contributed by atoms with Crippen LogP contribution in [0.2, 0.25) is 10.0 Å². The fourth-order valence-corrected chi connectivity index (χ4v) is 1.97. The summed E-state index contributed by atoms with van der Waals surface area (Å²) >= 11 is 11.8. The fraction of sp³-hybridized carbons (Fsp3) is 0.364. The molecular formula is C11H14Cl2N2O2S. The molecule has 0 heterocycles. The van der Waals surface area contributed by atoms with Crippen molar-refractivity contribution in [1.29, 1.82) is 0 Å². The normalized spacial score (nSPS) is 14.0. The minimum Gasteiger partial charge on any atom is -0.399 e. The first-order valence-electron chi connectivity index (χ1n) is 5.18. The molecule has 1 amide bonds. The maximum absolute atomic E-state index is 11.9. The average molecular weight is 309 g/mol. The van der Waals surface area contributed by atoms with E-state index in [0.29, 0.717) is 12.2 Å². The molecule has 2 unspecified atom stereocenters. The van der Waals surface area contributed by atoms with E-state index in [1.54, 1.807) is 13.2 Å². The number of nitrogens with two attached hydrogens (primary N) is 1. The van der Waals surface area contributed by atoms with Gasteiger partial charge >= 0.3 is 0 Å².